The van der Waals surface area contributed by atoms with E-state index >= 15 is 0 Å². The van der Waals surface area contributed by atoms with Gasteiger partial charge in [0, 0.05) is 13.6 Å². The number of aryl methyl sites for hydroxylation is 1. The van der Waals surface area contributed by atoms with Crippen molar-refractivity contribution < 1.29 is 4.79 Å². The summed E-state index contributed by atoms with van der Waals surface area (Å²) in [5, 5.41) is 8.73. The predicted octanol–water partition coefficient (Wildman–Crippen LogP) is 1.61. The summed E-state index contributed by atoms with van der Waals surface area (Å²) in [6.07, 6.45) is 0. The van der Waals surface area contributed by atoms with E-state index in [1.807, 2.05) is 31.2 Å². The van der Waals surface area contributed by atoms with Gasteiger partial charge in [0.25, 0.3) is 0 Å². The fourth-order valence-corrected chi connectivity index (χ4v) is 1.70. The van der Waals surface area contributed by atoms with Gasteiger partial charge in [-0.2, -0.15) is 5.26 Å². The second-order valence-electron chi connectivity index (χ2n) is 4.64. The van der Waals surface area contributed by atoms with Crippen molar-refractivity contribution >= 4 is 5.91 Å². The van der Waals surface area contributed by atoms with E-state index in [1.54, 1.807) is 14.0 Å². The number of likely N-dealkylation sites (N-methyl/N-ethyl adjacent to an activating group) is 1. The molecule has 4 nitrogen and oxygen atoms in total. The molecule has 0 aliphatic heterocycles. The first-order valence-electron chi connectivity index (χ1n) is 5.92. The first-order chi connectivity index (χ1) is 8.45. The number of nitrogens with two attached hydrogens (primary N) is 1. The Morgan fingerprint density at radius 1 is 1.44 bits per heavy atom. The molecule has 0 saturated heterocycles. The molecule has 0 aliphatic rings. The number of hydrogen-bond donors (Lipinski definition) is 1. The fraction of sp³-hybridized carbons (Fsp3) is 0.429. The van der Waals surface area contributed by atoms with Crippen molar-refractivity contribution in [1.29, 1.82) is 5.26 Å². The Bertz CT molecular complexity index is 447. The molecule has 1 aromatic carbocycles. The summed E-state index contributed by atoms with van der Waals surface area (Å²) in [6.45, 7) is 4.16. The molecule has 0 fully saturated rings. The van der Waals surface area contributed by atoms with Crippen LogP contribution in [0.5, 0.6) is 0 Å². The van der Waals surface area contributed by atoms with Crippen LogP contribution in [0, 0.1) is 24.2 Å². The third-order valence-electron chi connectivity index (χ3n) is 2.85. The predicted molar refractivity (Wildman–Crippen MR) is 70.5 cm³/mol. The van der Waals surface area contributed by atoms with E-state index in [9.17, 15) is 4.79 Å². The zero-order chi connectivity index (χ0) is 13.7. The van der Waals surface area contributed by atoms with E-state index in [2.05, 4.69) is 6.07 Å². The Labute approximate surface area is 108 Å². The monoisotopic (exact) mass is 245 g/mol. The Kier molecular flexibility index (Phi) is 4.87. The quantitative estimate of drug-likeness (QED) is 0.876. The zero-order valence-corrected chi connectivity index (χ0v) is 11.1. The van der Waals surface area contributed by atoms with Gasteiger partial charge in [0.2, 0.25) is 5.91 Å². The van der Waals surface area contributed by atoms with Gasteiger partial charge in [-0.25, -0.2) is 0 Å². The molecule has 1 rings (SSSR count). The summed E-state index contributed by atoms with van der Waals surface area (Å²) in [6, 6.07) is 9.02. The van der Waals surface area contributed by atoms with Crippen LogP contribution in [-0.4, -0.2) is 24.4 Å². The highest BCUT2D eigenvalue weighted by Gasteiger charge is 2.20. The van der Waals surface area contributed by atoms with Crippen LogP contribution in [0.25, 0.3) is 0 Å². The normalized spacial score (nSPS) is 13.5. The Morgan fingerprint density at radius 3 is 2.50 bits per heavy atom. The average Bonchev–Trinajstić information content (AvgIpc) is 2.37. The number of nitriles is 1. The van der Waals surface area contributed by atoms with Crippen LogP contribution in [0.3, 0.4) is 0 Å². The lowest BCUT2D eigenvalue weighted by molar-refractivity contribution is -0.131. The number of carbonyl (C=O) groups is 1. The van der Waals surface area contributed by atoms with Gasteiger partial charge >= 0.3 is 0 Å². The number of rotatable bonds is 4. The maximum Gasteiger partial charge on any atom is 0.243 e. The molecule has 0 bridgehead atoms. The molecule has 0 saturated carbocycles. The summed E-state index contributed by atoms with van der Waals surface area (Å²) < 4.78 is 0. The Hall–Kier alpha value is -1.86. The van der Waals surface area contributed by atoms with E-state index in [0.29, 0.717) is 6.54 Å². The van der Waals surface area contributed by atoms with E-state index in [0.717, 1.165) is 11.1 Å². The van der Waals surface area contributed by atoms with Crippen LogP contribution >= 0.6 is 0 Å². The Balaban J connectivity index is 2.72. The largest absolute Gasteiger partial charge is 0.343 e. The summed E-state index contributed by atoms with van der Waals surface area (Å²) in [7, 11) is 1.67. The number of carbonyl (C=O) groups excluding carboxylic acids is 1. The summed E-state index contributed by atoms with van der Waals surface area (Å²) in [4.78, 5) is 13.6. The van der Waals surface area contributed by atoms with E-state index in [1.165, 1.54) is 4.90 Å². The van der Waals surface area contributed by atoms with Crippen molar-refractivity contribution in [3.8, 4) is 6.07 Å². The van der Waals surface area contributed by atoms with Crippen LogP contribution in [0.2, 0.25) is 0 Å². The highest BCUT2D eigenvalue weighted by atomic mass is 16.2. The molecule has 0 heterocycles. The summed E-state index contributed by atoms with van der Waals surface area (Å²) in [5.41, 5.74) is 7.86. The smallest absolute Gasteiger partial charge is 0.243 e. The number of hydrogen-bond acceptors (Lipinski definition) is 3. The van der Waals surface area contributed by atoms with Gasteiger partial charge in [0.15, 0.2) is 0 Å². The molecular weight excluding hydrogens is 226 g/mol. The number of benzene rings is 1. The number of nitrogens with zero attached hydrogens (tertiary/aromatic N) is 2. The van der Waals surface area contributed by atoms with E-state index in [4.69, 9.17) is 11.0 Å². The minimum Gasteiger partial charge on any atom is -0.343 e. The SMILES string of the molecule is Cc1ccc(C(N)C(=O)N(C)CC(C)C#N)cc1. The first kappa shape index (κ1) is 14.2. The third kappa shape index (κ3) is 3.57. The van der Waals surface area contributed by atoms with Gasteiger partial charge in [-0.15, -0.1) is 0 Å². The molecule has 0 aliphatic carbocycles. The molecule has 4 heteroatoms. The van der Waals surface area contributed by atoms with E-state index in [-0.39, 0.29) is 11.8 Å². The molecular formula is C14H19N3O. The molecule has 0 spiro atoms. The van der Waals surface area contributed by atoms with Crippen LogP contribution in [0.4, 0.5) is 0 Å². The second-order valence-corrected chi connectivity index (χ2v) is 4.64. The lowest BCUT2D eigenvalue weighted by Gasteiger charge is -2.22. The minimum absolute atomic E-state index is 0.166. The summed E-state index contributed by atoms with van der Waals surface area (Å²) >= 11 is 0. The minimum atomic E-state index is -0.665. The van der Waals surface area contributed by atoms with Gasteiger partial charge in [-0.3, -0.25) is 4.79 Å². The maximum absolute atomic E-state index is 12.1. The lowest BCUT2D eigenvalue weighted by atomic mass is 10.0. The standard InChI is InChI=1S/C14H19N3O/c1-10-4-6-12(7-5-10)13(16)14(18)17(3)9-11(2)8-15/h4-7,11,13H,9,16H2,1-3H3. The average molecular weight is 245 g/mol. The van der Waals surface area contributed by atoms with Crippen LogP contribution in [0.15, 0.2) is 24.3 Å². The maximum atomic E-state index is 12.1. The Morgan fingerprint density at radius 2 is 2.00 bits per heavy atom. The van der Waals surface area contributed by atoms with Gasteiger partial charge in [-0.05, 0) is 19.4 Å². The third-order valence-corrected chi connectivity index (χ3v) is 2.85. The van der Waals surface area contributed by atoms with Gasteiger partial charge in [0.05, 0.1) is 12.0 Å². The molecule has 2 unspecified atom stereocenters. The van der Waals surface area contributed by atoms with Gasteiger partial charge < -0.3 is 10.6 Å². The fourth-order valence-electron chi connectivity index (χ4n) is 1.70. The highest BCUT2D eigenvalue weighted by molar-refractivity contribution is 5.82. The first-order valence-corrected chi connectivity index (χ1v) is 5.92. The highest BCUT2D eigenvalue weighted by Crippen LogP contribution is 2.14. The van der Waals surface area contributed by atoms with Crippen molar-refractivity contribution in [2.45, 2.75) is 19.9 Å². The number of amides is 1. The molecule has 2 atom stereocenters. The van der Waals surface area contributed by atoms with Crippen molar-refractivity contribution in [1.82, 2.24) is 4.90 Å². The van der Waals surface area contributed by atoms with E-state index < -0.39 is 6.04 Å². The van der Waals surface area contributed by atoms with Gasteiger partial charge in [0.1, 0.15) is 6.04 Å². The molecule has 0 radical (unpaired) electrons. The van der Waals surface area contributed by atoms with Crippen LogP contribution in [0.1, 0.15) is 24.1 Å². The van der Waals surface area contributed by atoms with Crippen LogP contribution in [-0.2, 0) is 4.79 Å². The summed E-state index contributed by atoms with van der Waals surface area (Å²) in [5.74, 6) is -0.356. The molecule has 96 valence electrons. The second kappa shape index (κ2) is 6.18. The zero-order valence-electron chi connectivity index (χ0n) is 11.1. The van der Waals surface area contributed by atoms with Gasteiger partial charge in [-0.1, -0.05) is 29.8 Å². The molecule has 0 aromatic heterocycles. The lowest BCUT2D eigenvalue weighted by Crippen LogP contribution is -2.38. The van der Waals surface area contributed by atoms with Crippen molar-refractivity contribution in [2.24, 2.45) is 11.7 Å². The topological polar surface area (TPSA) is 70.1 Å². The molecule has 2 N–H and O–H groups in total. The molecule has 1 aromatic rings. The molecule has 1 amide bonds. The van der Waals surface area contributed by atoms with Crippen molar-refractivity contribution in [3.63, 3.8) is 0 Å². The van der Waals surface area contributed by atoms with Crippen molar-refractivity contribution in [3.05, 3.63) is 35.4 Å². The van der Waals surface area contributed by atoms with Crippen molar-refractivity contribution in [2.75, 3.05) is 13.6 Å². The molecule has 18 heavy (non-hydrogen) atoms. The van der Waals surface area contributed by atoms with Crippen LogP contribution < -0.4 is 5.73 Å².